The van der Waals surface area contributed by atoms with E-state index in [-0.39, 0.29) is 17.9 Å². The molecule has 0 spiro atoms. The van der Waals surface area contributed by atoms with Crippen LogP contribution in [0.5, 0.6) is 0 Å². The largest absolute Gasteiger partial charge is 0.358 e. The highest BCUT2D eigenvalue weighted by atomic mass is 16.2. The SMILES string of the molecule is CNC(=O)C(C)(C)N1CCC[C@H]1C(=O)NCCc1cnc[nH]1. The molecule has 1 saturated heterocycles. The van der Waals surface area contributed by atoms with E-state index in [1.807, 2.05) is 18.7 Å². The maximum atomic E-state index is 12.4. The van der Waals surface area contributed by atoms with Crippen LogP contribution in [0.2, 0.25) is 0 Å². The standard InChI is InChI=1S/C15H25N5O2/c1-15(2,14(22)16-3)20-8-4-5-12(20)13(21)18-7-6-11-9-17-10-19-11/h9-10,12H,4-8H2,1-3H3,(H,16,22)(H,17,19)(H,18,21)/t12-/m0/s1. The predicted octanol–water partition coefficient (Wildman–Crippen LogP) is 0.0574. The molecular formula is C15H25N5O2. The summed E-state index contributed by atoms with van der Waals surface area (Å²) in [4.78, 5) is 33.5. The number of carbonyl (C=O) groups is 2. The summed E-state index contributed by atoms with van der Waals surface area (Å²) in [6, 6.07) is -0.242. The zero-order valence-electron chi connectivity index (χ0n) is 13.5. The van der Waals surface area contributed by atoms with Gasteiger partial charge < -0.3 is 15.6 Å². The fraction of sp³-hybridized carbons (Fsp3) is 0.667. The first-order valence-corrected chi connectivity index (χ1v) is 7.70. The van der Waals surface area contributed by atoms with Crippen molar-refractivity contribution in [2.45, 2.75) is 44.7 Å². The predicted molar refractivity (Wildman–Crippen MR) is 83.2 cm³/mol. The van der Waals surface area contributed by atoms with Crippen molar-refractivity contribution in [1.29, 1.82) is 0 Å². The summed E-state index contributed by atoms with van der Waals surface area (Å²) in [7, 11) is 1.62. The number of aromatic amines is 1. The van der Waals surface area contributed by atoms with Crippen molar-refractivity contribution >= 4 is 11.8 Å². The lowest BCUT2D eigenvalue weighted by molar-refractivity contribution is -0.135. The summed E-state index contributed by atoms with van der Waals surface area (Å²) >= 11 is 0. The van der Waals surface area contributed by atoms with E-state index in [4.69, 9.17) is 0 Å². The number of amides is 2. The van der Waals surface area contributed by atoms with E-state index >= 15 is 0 Å². The summed E-state index contributed by atoms with van der Waals surface area (Å²) < 4.78 is 0. The number of hydrogen-bond donors (Lipinski definition) is 3. The third kappa shape index (κ3) is 3.47. The molecule has 1 aliphatic rings. The first-order chi connectivity index (χ1) is 10.5. The van der Waals surface area contributed by atoms with Crippen molar-refractivity contribution in [1.82, 2.24) is 25.5 Å². The lowest BCUT2D eigenvalue weighted by atomic mass is 10.00. The summed E-state index contributed by atoms with van der Waals surface area (Å²) in [5, 5.41) is 5.64. The Kier molecular flexibility index (Phi) is 5.18. The molecule has 1 atom stereocenters. The van der Waals surface area contributed by atoms with Crippen LogP contribution in [0.15, 0.2) is 12.5 Å². The third-order valence-electron chi connectivity index (χ3n) is 4.30. The van der Waals surface area contributed by atoms with Gasteiger partial charge in [0.15, 0.2) is 0 Å². The van der Waals surface area contributed by atoms with Crippen LogP contribution in [0, 0.1) is 0 Å². The smallest absolute Gasteiger partial charge is 0.239 e. The quantitative estimate of drug-likeness (QED) is 0.693. The van der Waals surface area contributed by atoms with Gasteiger partial charge in [-0.2, -0.15) is 0 Å². The molecule has 1 aliphatic heterocycles. The van der Waals surface area contributed by atoms with Crippen molar-refractivity contribution < 1.29 is 9.59 Å². The normalized spacial score (nSPS) is 19.1. The van der Waals surface area contributed by atoms with Crippen LogP contribution in [0.1, 0.15) is 32.4 Å². The van der Waals surface area contributed by atoms with E-state index in [2.05, 4.69) is 20.6 Å². The van der Waals surface area contributed by atoms with Crippen LogP contribution < -0.4 is 10.6 Å². The number of imidazole rings is 1. The molecule has 2 heterocycles. The van der Waals surface area contributed by atoms with E-state index in [0.29, 0.717) is 6.54 Å². The number of H-pyrrole nitrogens is 1. The van der Waals surface area contributed by atoms with Gasteiger partial charge in [0.1, 0.15) is 0 Å². The molecule has 2 amide bonds. The molecule has 7 heteroatoms. The van der Waals surface area contributed by atoms with E-state index in [1.54, 1.807) is 19.6 Å². The number of nitrogens with zero attached hydrogens (tertiary/aromatic N) is 2. The maximum absolute atomic E-state index is 12.4. The van der Waals surface area contributed by atoms with Gasteiger partial charge in [-0.25, -0.2) is 4.98 Å². The van der Waals surface area contributed by atoms with Crippen LogP contribution >= 0.6 is 0 Å². The molecule has 1 aromatic rings. The van der Waals surface area contributed by atoms with Gasteiger partial charge in [-0.3, -0.25) is 14.5 Å². The minimum atomic E-state index is -0.684. The van der Waals surface area contributed by atoms with Gasteiger partial charge in [0.25, 0.3) is 0 Å². The van der Waals surface area contributed by atoms with E-state index in [9.17, 15) is 9.59 Å². The van der Waals surface area contributed by atoms with E-state index in [1.165, 1.54) is 0 Å². The molecule has 1 fully saturated rings. The second-order valence-corrected chi connectivity index (χ2v) is 6.11. The van der Waals surface area contributed by atoms with Gasteiger partial charge in [0.05, 0.1) is 17.9 Å². The molecule has 3 N–H and O–H groups in total. The minimum Gasteiger partial charge on any atom is -0.358 e. The lowest BCUT2D eigenvalue weighted by Crippen LogP contribution is -2.59. The Labute approximate surface area is 130 Å². The number of likely N-dealkylation sites (tertiary alicyclic amines) is 1. The van der Waals surface area contributed by atoms with Gasteiger partial charge in [-0.05, 0) is 26.7 Å². The molecule has 1 aromatic heterocycles. The fourth-order valence-electron chi connectivity index (χ4n) is 3.00. The van der Waals surface area contributed by atoms with Gasteiger partial charge in [-0.1, -0.05) is 0 Å². The molecule has 7 nitrogen and oxygen atoms in total. The highest BCUT2D eigenvalue weighted by Crippen LogP contribution is 2.27. The van der Waals surface area contributed by atoms with Crippen LogP contribution in [0.4, 0.5) is 0 Å². The van der Waals surface area contributed by atoms with Gasteiger partial charge in [0.2, 0.25) is 11.8 Å². The van der Waals surface area contributed by atoms with Crippen molar-refractivity contribution in [3.8, 4) is 0 Å². The summed E-state index contributed by atoms with van der Waals surface area (Å²) in [5.41, 5.74) is 0.311. The maximum Gasteiger partial charge on any atom is 0.239 e. The first-order valence-electron chi connectivity index (χ1n) is 7.70. The highest BCUT2D eigenvalue weighted by Gasteiger charge is 2.43. The molecule has 0 unspecified atom stereocenters. The summed E-state index contributed by atoms with van der Waals surface area (Å²) in [6.07, 6.45) is 5.82. The van der Waals surface area contributed by atoms with Gasteiger partial charge in [0, 0.05) is 38.4 Å². The Morgan fingerprint density at radius 1 is 1.50 bits per heavy atom. The van der Waals surface area contributed by atoms with Crippen LogP contribution in [0.25, 0.3) is 0 Å². The third-order valence-corrected chi connectivity index (χ3v) is 4.30. The average Bonchev–Trinajstić information content (AvgIpc) is 3.17. The van der Waals surface area contributed by atoms with Gasteiger partial charge >= 0.3 is 0 Å². The highest BCUT2D eigenvalue weighted by molar-refractivity contribution is 5.87. The Balaban J connectivity index is 1.92. The second kappa shape index (κ2) is 6.91. The molecule has 122 valence electrons. The zero-order valence-corrected chi connectivity index (χ0v) is 13.5. The molecule has 0 aromatic carbocycles. The van der Waals surface area contributed by atoms with E-state index < -0.39 is 5.54 Å². The van der Waals surface area contributed by atoms with Crippen LogP contribution in [-0.2, 0) is 16.0 Å². The van der Waals surface area contributed by atoms with E-state index in [0.717, 1.165) is 31.5 Å². The lowest BCUT2D eigenvalue weighted by Gasteiger charge is -2.37. The van der Waals surface area contributed by atoms with Crippen LogP contribution in [0.3, 0.4) is 0 Å². The second-order valence-electron chi connectivity index (χ2n) is 6.11. The summed E-state index contributed by atoms with van der Waals surface area (Å²) in [5.74, 6) is -0.0707. The number of carbonyl (C=O) groups excluding carboxylic acids is 2. The molecular weight excluding hydrogens is 282 g/mol. The fourth-order valence-corrected chi connectivity index (χ4v) is 3.00. The van der Waals surface area contributed by atoms with Crippen molar-refractivity contribution in [2.75, 3.05) is 20.1 Å². The Hall–Kier alpha value is -1.89. The number of nitrogens with one attached hydrogen (secondary N) is 3. The van der Waals surface area contributed by atoms with Gasteiger partial charge in [-0.15, -0.1) is 0 Å². The monoisotopic (exact) mass is 307 g/mol. The van der Waals surface area contributed by atoms with Crippen molar-refractivity contribution in [3.05, 3.63) is 18.2 Å². The first kappa shape index (κ1) is 16.5. The van der Waals surface area contributed by atoms with Crippen molar-refractivity contribution in [2.24, 2.45) is 0 Å². The Bertz CT molecular complexity index is 512. The molecule has 0 bridgehead atoms. The number of rotatable bonds is 6. The minimum absolute atomic E-state index is 0.00556. The topological polar surface area (TPSA) is 90.1 Å². The molecule has 0 radical (unpaired) electrons. The zero-order chi connectivity index (χ0) is 16.2. The molecule has 2 rings (SSSR count). The number of aromatic nitrogens is 2. The summed E-state index contributed by atoms with van der Waals surface area (Å²) in [6.45, 7) is 5.05. The average molecular weight is 307 g/mol. The number of hydrogen-bond acceptors (Lipinski definition) is 4. The Morgan fingerprint density at radius 3 is 2.91 bits per heavy atom. The van der Waals surface area contributed by atoms with Crippen molar-refractivity contribution in [3.63, 3.8) is 0 Å². The molecule has 0 aliphatic carbocycles. The van der Waals surface area contributed by atoms with Crippen LogP contribution in [-0.4, -0.2) is 58.4 Å². The Morgan fingerprint density at radius 2 is 2.27 bits per heavy atom. The molecule has 0 saturated carbocycles. The molecule has 22 heavy (non-hydrogen) atoms. The number of likely N-dealkylation sites (N-methyl/N-ethyl adjacent to an activating group) is 1.